The lowest BCUT2D eigenvalue weighted by Crippen LogP contribution is -2.53. The van der Waals surface area contributed by atoms with Gasteiger partial charge in [0, 0.05) is 52.8 Å². The van der Waals surface area contributed by atoms with Gasteiger partial charge in [0.2, 0.25) is 0 Å². The summed E-state index contributed by atoms with van der Waals surface area (Å²) < 4.78 is 11.9. The van der Waals surface area contributed by atoms with E-state index in [2.05, 4.69) is 185 Å². The zero-order chi connectivity index (χ0) is 37.5. The van der Waals surface area contributed by atoms with Crippen LogP contribution in [0.1, 0.15) is 36.3 Å². The Hall–Kier alpha value is -6.28. The molecule has 12 rings (SSSR count). The van der Waals surface area contributed by atoms with E-state index < -0.39 is 0 Å². The topological polar surface area (TPSA) is 56.2 Å². The van der Waals surface area contributed by atoms with Crippen molar-refractivity contribution in [2.24, 2.45) is 0 Å². The van der Waals surface area contributed by atoms with E-state index in [4.69, 9.17) is 9.73 Å². The first-order valence-corrected chi connectivity index (χ1v) is 20.6. The highest BCUT2D eigenvalue weighted by molar-refractivity contribution is 7.26. The molecule has 0 radical (unpaired) electrons. The fourth-order valence-electron chi connectivity index (χ4n) is 9.41. The zero-order valence-corrected chi connectivity index (χ0v) is 31.8. The first-order valence-electron chi connectivity index (χ1n) is 19.8. The third-order valence-corrected chi connectivity index (χ3v) is 13.1. The van der Waals surface area contributed by atoms with Gasteiger partial charge in [-0.1, -0.05) is 151 Å². The van der Waals surface area contributed by atoms with E-state index in [1.807, 2.05) is 11.3 Å². The zero-order valence-electron chi connectivity index (χ0n) is 31.0. The molecule has 1 aliphatic carbocycles. The lowest BCUT2D eigenvalue weighted by Gasteiger charge is -2.51. The second-order valence-corrected chi connectivity index (χ2v) is 16.2. The highest BCUT2D eigenvalue weighted by Gasteiger charge is 2.27. The Morgan fingerprint density at radius 2 is 1.21 bits per heavy atom. The summed E-state index contributed by atoms with van der Waals surface area (Å²) >= 11 is 1.86. The van der Waals surface area contributed by atoms with Crippen molar-refractivity contribution in [3.8, 4) is 16.8 Å². The summed E-state index contributed by atoms with van der Waals surface area (Å²) in [5, 5.41) is 20.4. The van der Waals surface area contributed by atoms with Crippen LogP contribution in [0.4, 0.5) is 0 Å². The normalized spacial score (nSPS) is 18.5. The molecule has 0 amide bonds. The second-order valence-electron chi connectivity index (χ2n) is 15.2. The molecule has 2 aliphatic rings. The number of rotatable bonds is 5. The number of para-hydroxylation sites is 3. The van der Waals surface area contributed by atoms with Gasteiger partial charge in [-0.2, -0.15) is 0 Å². The molecule has 6 heteroatoms. The Morgan fingerprint density at radius 3 is 1.93 bits per heavy atom. The van der Waals surface area contributed by atoms with E-state index in [1.165, 1.54) is 58.3 Å². The van der Waals surface area contributed by atoms with Crippen molar-refractivity contribution in [2.75, 3.05) is 0 Å². The number of furan rings is 1. The molecular weight excluding hydrogens is 717 g/mol. The summed E-state index contributed by atoms with van der Waals surface area (Å²) in [5.74, 6) is 0. The number of aromatic nitrogens is 1. The van der Waals surface area contributed by atoms with Crippen LogP contribution in [0.5, 0.6) is 0 Å². The molecule has 2 unspecified atom stereocenters. The van der Waals surface area contributed by atoms with Gasteiger partial charge in [0.25, 0.3) is 0 Å². The van der Waals surface area contributed by atoms with Crippen molar-refractivity contribution in [3.63, 3.8) is 0 Å². The molecule has 1 saturated heterocycles. The third-order valence-electron chi connectivity index (χ3n) is 11.9. The molecule has 0 saturated carbocycles. The highest BCUT2D eigenvalue weighted by atomic mass is 32.1. The summed E-state index contributed by atoms with van der Waals surface area (Å²) in [4.78, 5) is 0. The molecule has 274 valence electrons. The van der Waals surface area contributed by atoms with Crippen molar-refractivity contribution in [3.05, 3.63) is 191 Å². The van der Waals surface area contributed by atoms with Crippen molar-refractivity contribution in [2.45, 2.75) is 31.3 Å². The van der Waals surface area contributed by atoms with Crippen molar-refractivity contribution in [1.82, 2.24) is 15.2 Å². The van der Waals surface area contributed by atoms with Crippen LogP contribution < -0.4 is 21.3 Å². The molecule has 2 N–H and O–H groups in total. The third kappa shape index (κ3) is 5.26. The number of hydrogen-bond donors (Lipinski definition) is 2. The van der Waals surface area contributed by atoms with Crippen LogP contribution in [0.3, 0.4) is 0 Å². The molecule has 0 bridgehead atoms. The molecule has 57 heavy (non-hydrogen) atoms. The largest absolute Gasteiger partial charge is 0.624 e. The molecule has 1 aliphatic heterocycles. The van der Waals surface area contributed by atoms with Crippen molar-refractivity contribution in [1.29, 1.82) is 0 Å². The summed E-state index contributed by atoms with van der Waals surface area (Å²) in [6, 6.07) is 59.0. The van der Waals surface area contributed by atoms with Gasteiger partial charge in [-0.3, -0.25) is 0 Å². The SMILES string of the molecule is C1=c2oc3c(-c4cccc5sc6ccc(-n7c8ccccc8c8ccccc87)cc6c45)cccc3c2=C(C2NC(c3ccccc3)[N-]C(c3ccccc3)N2)CC1. The molecular formula is C51H37N4OS-. The highest BCUT2D eigenvalue weighted by Crippen LogP contribution is 2.43. The summed E-state index contributed by atoms with van der Waals surface area (Å²) in [5.41, 5.74) is 11.4. The van der Waals surface area contributed by atoms with Gasteiger partial charge in [-0.05, 0) is 66.5 Å². The van der Waals surface area contributed by atoms with E-state index in [1.54, 1.807) is 0 Å². The Kier molecular flexibility index (Phi) is 7.60. The van der Waals surface area contributed by atoms with Gasteiger partial charge in [-0.25, -0.2) is 0 Å². The molecule has 10 aromatic rings. The van der Waals surface area contributed by atoms with Crippen LogP contribution >= 0.6 is 11.3 Å². The molecule has 3 aromatic heterocycles. The average Bonchev–Trinajstić information content (AvgIpc) is 3.96. The summed E-state index contributed by atoms with van der Waals surface area (Å²) in [6.07, 6.45) is 3.70. The quantitative estimate of drug-likeness (QED) is 0.184. The fourth-order valence-corrected chi connectivity index (χ4v) is 10.5. The number of thiophene rings is 1. The van der Waals surface area contributed by atoms with Crippen LogP contribution in [0.2, 0.25) is 0 Å². The van der Waals surface area contributed by atoms with Crippen molar-refractivity contribution >= 4 is 75.9 Å². The molecule has 2 atom stereocenters. The minimum absolute atomic E-state index is 0.0988. The van der Waals surface area contributed by atoms with E-state index in [0.29, 0.717) is 0 Å². The maximum atomic E-state index is 6.98. The molecule has 7 aromatic carbocycles. The predicted molar refractivity (Wildman–Crippen MR) is 237 cm³/mol. The number of hydrogen-bond acceptors (Lipinski definition) is 4. The second kappa shape index (κ2) is 13.2. The van der Waals surface area contributed by atoms with Gasteiger partial charge in [0.15, 0.2) is 0 Å². The first kappa shape index (κ1) is 32.9. The first-order chi connectivity index (χ1) is 28.3. The molecule has 0 spiro atoms. The van der Waals surface area contributed by atoms with Gasteiger partial charge in [0.1, 0.15) is 11.0 Å². The Morgan fingerprint density at radius 1 is 0.579 bits per heavy atom. The number of benzene rings is 7. The Labute approximate surface area is 333 Å². The predicted octanol–water partition coefficient (Wildman–Crippen LogP) is 11.6. The van der Waals surface area contributed by atoms with E-state index in [-0.39, 0.29) is 18.5 Å². The van der Waals surface area contributed by atoms with Crippen LogP contribution in [-0.4, -0.2) is 10.7 Å². The van der Waals surface area contributed by atoms with Gasteiger partial charge in [0.05, 0.1) is 17.2 Å². The number of nitrogens with one attached hydrogen (secondary N) is 2. The lowest BCUT2D eigenvalue weighted by atomic mass is 9.94. The van der Waals surface area contributed by atoms with E-state index >= 15 is 0 Å². The fraction of sp³-hybridized carbons (Fsp3) is 0.0980. The maximum Gasteiger partial charge on any atom is 0.143 e. The standard InChI is InChI=1S/C51H37N4OS/c1-3-14-31(15-4-1)49-52-50(32-16-5-2-6-17-32)54-51(53-49)39-23-12-26-43-46(39)38-22-11-21-37(48(38)56-43)36-20-13-27-45-47(36)40-30-33(28-29-44(40)57-45)55-41-24-9-7-18-34(41)35-19-8-10-25-42(35)55/h1-11,13-22,24-30,49-51,53-54H,12,23H2/q-1. The van der Waals surface area contributed by atoms with E-state index in [9.17, 15) is 0 Å². The number of nitrogens with zero attached hydrogens (tertiary/aromatic N) is 2. The van der Waals surface area contributed by atoms with Gasteiger partial charge in [-0.15, -0.1) is 11.3 Å². The Bertz CT molecular complexity index is 3210. The number of fused-ring (bicyclic) bond motifs is 9. The average molecular weight is 754 g/mol. The lowest BCUT2D eigenvalue weighted by molar-refractivity contribution is 0.356. The van der Waals surface area contributed by atoms with Crippen molar-refractivity contribution < 1.29 is 4.42 Å². The van der Waals surface area contributed by atoms with E-state index in [0.717, 1.165) is 51.6 Å². The summed E-state index contributed by atoms with van der Waals surface area (Å²) in [6.45, 7) is 0. The molecule has 4 heterocycles. The monoisotopic (exact) mass is 753 g/mol. The maximum absolute atomic E-state index is 6.98. The van der Waals surface area contributed by atoms with Crippen LogP contribution in [0, 0.1) is 0 Å². The van der Waals surface area contributed by atoms with Crippen LogP contribution in [0.25, 0.3) is 86.7 Å². The smallest absolute Gasteiger partial charge is 0.143 e. The van der Waals surface area contributed by atoms with Crippen LogP contribution in [0.15, 0.2) is 168 Å². The molecule has 1 fully saturated rings. The van der Waals surface area contributed by atoms with Crippen LogP contribution in [-0.2, 0) is 0 Å². The minimum Gasteiger partial charge on any atom is -0.624 e. The van der Waals surface area contributed by atoms with Gasteiger partial charge < -0.3 is 24.9 Å². The minimum atomic E-state index is -0.157. The summed E-state index contributed by atoms with van der Waals surface area (Å²) in [7, 11) is 0. The Balaban J connectivity index is 1.03. The van der Waals surface area contributed by atoms with Gasteiger partial charge >= 0.3 is 0 Å². The molecule has 5 nitrogen and oxygen atoms in total.